The molecule has 0 saturated carbocycles. The Kier molecular flexibility index (Phi) is 5.71. The van der Waals surface area contributed by atoms with Crippen LogP contribution in [-0.4, -0.2) is 16.7 Å². The van der Waals surface area contributed by atoms with Gasteiger partial charge in [0.05, 0.1) is 5.56 Å². The summed E-state index contributed by atoms with van der Waals surface area (Å²) in [6.07, 6.45) is -4.39. The van der Waals surface area contributed by atoms with E-state index in [1.165, 1.54) is 12.1 Å². The van der Waals surface area contributed by atoms with Gasteiger partial charge in [-0.1, -0.05) is 17.9 Å². The first-order valence-electron chi connectivity index (χ1n) is 8.33. The van der Waals surface area contributed by atoms with Crippen molar-refractivity contribution in [2.24, 2.45) is 0 Å². The van der Waals surface area contributed by atoms with Crippen LogP contribution in [0, 0.1) is 18.8 Å². The van der Waals surface area contributed by atoms with Gasteiger partial charge in [0, 0.05) is 11.1 Å². The number of aryl methyl sites for hydroxylation is 1. The zero-order valence-corrected chi connectivity index (χ0v) is 14.9. The number of hydrogen-bond acceptors (Lipinski definition) is 4. The van der Waals surface area contributed by atoms with Crippen molar-refractivity contribution < 1.29 is 27.4 Å². The lowest BCUT2D eigenvalue weighted by molar-refractivity contribution is -0.137. The van der Waals surface area contributed by atoms with Crippen molar-refractivity contribution in [2.45, 2.75) is 19.7 Å². The maximum atomic E-state index is 12.7. The molecule has 0 amide bonds. The van der Waals surface area contributed by atoms with Gasteiger partial charge in [-0.15, -0.1) is 0 Å². The van der Waals surface area contributed by atoms with Gasteiger partial charge < -0.3 is 14.3 Å². The molecule has 2 aromatic carbocycles. The number of benzene rings is 2. The fourth-order valence-corrected chi connectivity index (χ4v) is 2.44. The molecule has 28 heavy (non-hydrogen) atoms. The van der Waals surface area contributed by atoms with Gasteiger partial charge in [0.1, 0.15) is 30.4 Å². The summed E-state index contributed by atoms with van der Waals surface area (Å²) in [7, 11) is 0. The number of alkyl halides is 3. The third-order valence-corrected chi connectivity index (χ3v) is 3.87. The van der Waals surface area contributed by atoms with Gasteiger partial charge in [0.2, 0.25) is 5.89 Å². The smallest absolute Gasteiger partial charge is 0.416 e. The average molecular weight is 387 g/mol. The minimum absolute atomic E-state index is 0.132. The van der Waals surface area contributed by atoms with Crippen LogP contribution in [0.1, 0.15) is 22.6 Å². The van der Waals surface area contributed by atoms with E-state index in [-0.39, 0.29) is 19.1 Å². The molecule has 144 valence electrons. The first kappa shape index (κ1) is 19.5. The molecule has 1 aromatic heterocycles. The molecule has 7 heteroatoms. The lowest BCUT2D eigenvalue weighted by atomic mass is 10.1. The largest absolute Gasteiger partial charge is 0.487 e. The Bertz CT molecular complexity index is 1010. The molecule has 0 aliphatic rings. The second-order valence-electron chi connectivity index (χ2n) is 5.87. The predicted molar refractivity (Wildman–Crippen MR) is 96.4 cm³/mol. The third-order valence-electron chi connectivity index (χ3n) is 3.87. The first-order chi connectivity index (χ1) is 13.4. The Labute approximate surface area is 159 Å². The molecule has 3 rings (SSSR count). The lowest BCUT2D eigenvalue weighted by Crippen LogP contribution is -2.04. The predicted octanol–water partition coefficient (Wildman–Crippen LogP) is 4.59. The first-order valence-corrected chi connectivity index (χ1v) is 8.33. The summed E-state index contributed by atoms with van der Waals surface area (Å²) in [6.45, 7) is 1.62. The molecular weight excluding hydrogens is 371 g/mol. The summed E-state index contributed by atoms with van der Waals surface area (Å²) >= 11 is 0. The van der Waals surface area contributed by atoms with Gasteiger partial charge in [0.25, 0.3) is 0 Å². The van der Waals surface area contributed by atoms with Crippen LogP contribution in [0.4, 0.5) is 13.2 Å². The Balaban J connectivity index is 1.73. The topological polar surface area (TPSA) is 55.5 Å². The monoisotopic (exact) mass is 387 g/mol. The summed E-state index contributed by atoms with van der Waals surface area (Å²) in [6, 6.07) is 11.7. The van der Waals surface area contributed by atoms with Crippen LogP contribution >= 0.6 is 0 Å². The molecule has 4 nitrogen and oxygen atoms in total. The number of oxazole rings is 1. The highest BCUT2D eigenvalue weighted by molar-refractivity contribution is 5.54. The molecule has 1 N–H and O–H groups in total. The van der Waals surface area contributed by atoms with Crippen LogP contribution in [0.15, 0.2) is 52.9 Å². The van der Waals surface area contributed by atoms with Gasteiger partial charge in [-0.2, -0.15) is 13.2 Å². The van der Waals surface area contributed by atoms with Gasteiger partial charge in [-0.05, 0) is 49.4 Å². The van der Waals surface area contributed by atoms with E-state index in [4.69, 9.17) is 14.3 Å². The number of nitrogens with zero attached hydrogens (tertiary/aromatic N) is 1. The molecule has 0 radical (unpaired) electrons. The van der Waals surface area contributed by atoms with E-state index >= 15 is 0 Å². The second kappa shape index (κ2) is 8.19. The Morgan fingerprint density at radius 3 is 2.57 bits per heavy atom. The van der Waals surface area contributed by atoms with Gasteiger partial charge in [-0.25, -0.2) is 4.98 Å². The summed E-state index contributed by atoms with van der Waals surface area (Å²) in [4.78, 5) is 4.33. The highest BCUT2D eigenvalue weighted by Crippen LogP contribution is 2.31. The second-order valence-corrected chi connectivity index (χ2v) is 5.87. The quantitative estimate of drug-likeness (QED) is 0.666. The number of halogens is 3. The number of ether oxygens (including phenoxy) is 1. The number of aromatic nitrogens is 1. The highest BCUT2D eigenvalue weighted by Gasteiger charge is 2.30. The van der Waals surface area contributed by atoms with E-state index in [1.54, 1.807) is 31.2 Å². The van der Waals surface area contributed by atoms with E-state index in [0.29, 0.717) is 28.3 Å². The van der Waals surface area contributed by atoms with Crippen LogP contribution in [0.25, 0.3) is 11.5 Å². The standard InChI is InChI=1S/C21H16F3NO3/c1-14-19(13-27-18-6-2-4-15(12-18)5-3-11-26)25-20(28-14)16-7-9-17(10-8-16)21(22,23)24/h2,4,6-10,12,26H,11,13H2,1H3. The summed E-state index contributed by atoms with van der Waals surface area (Å²) < 4.78 is 49.3. The Hall–Kier alpha value is -3.24. The van der Waals surface area contributed by atoms with Crippen molar-refractivity contribution in [2.75, 3.05) is 6.61 Å². The van der Waals surface area contributed by atoms with Gasteiger partial charge in [0.15, 0.2) is 0 Å². The van der Waals surface area contributed by atoms with Crippen LogP contribution < -0.4 is 4.74 Å². The van der Waals surface area contributed by atoms with Crippen LogP contribution in [0.5, 0.6) is 5.75 Å². The minimum atomic E-state index is -4.39. The summed E-state index contributed by atoms with van der Waals surface area (Å²) in [5.74, 6) is 6.67. The van der Waals surface area contributed by atoms with Crippen molar-refractivity contribution in [1.82, 2.24) is 4.98 Å². The van der Waals surface area contributed by atoms with E-state index in [9.17, 15) is 13.2 Å². The normalized spacial score (nSPS) is 11.0. The molecule has 0 aliphatic carbocycles. The van der Waals surface area contributed by atoms with Crippen molar-refractivity contribution in [3.8, 4) is 29.0 Å². The molecule has 0 unspecified atom stereocenters. The highest BCUT2D eigenvalue weighted by atomic mass is 19.4. The maximum absolute atomic E-state index is 12.7. The van der Waals surface area contributed by atoms with Crippen LogP contribution in [0.3, 0.4) is 0 Å². The van der Waals surface area contributed by atoms with E-state index in [1.807, 2.05) is 0 Å². The molecular formula is C21H16F3NO3. The molecule has 0 saturated heterocycles. The van der Waals surface area contributed by atoms with E-state index in [0.717, 1.165) is 12.1 Å². The zero-order chi connectivity index (χ0) is 20.1. The van der Waals surface area contributed by atoms with Crippen LogP contribution in [-0.2, 0) is 12.8 Å². The lowest BCUT2D eigenvalue weighted by Gasteiger charge is -2.06. The maximum Gasteiger partial charge on any atom is 0.416 e. The Morgan fingerprint density at radius 2 is 1.89 bits per heavy atom. The third kappa shape index (κ3) is 4.72. The van der Waals surface area contributed by atoms with E-state index in [2.05, 4.69) is 16.8 Å². The van der Waals surface area contributed by atoms with Crippen molar-refractivity contribution in [3.05, 3.63) is 71.1 Å². The number of aliphatic hydroxyl groups is 1. The summed E-state index contributed by atoms with van der Waals surface area (Å²) in [5.41, 5.74) is 0.964. The average Bonchev–Trinajstić information content (AvgIpc) is 3.05. The molecule has 0 aliphatic heterocycles. The van der Waals surface area contributed by atoms with Gasteiger partial charge >= 0.3 is 6.18 Å². The number of rotatable bonds is 4. The van der Waals surface area contributed by atoms with Gasteiger partial charge in [-0.3, -0.25) is 0 Å². The molecule has 1 heterocycles. The number of hydrogen-bond donors (Lipinski definition) is 1. The van der Waals surface area contributed by atoms with E-state index < -0.39 is 11.7 Å². The minimum Gasteiger partial charge on any atom is -0.487 e. The molecule has 3 aromatic rings. The van der Waals surface area contributed by atoms with Crippen molar-refractivity contribution >= 4 is 0 Å². The van der Waals surface area contributed by atoms with Crippen molar-refractivity contribution in [3.63, 3.8) is 0 Å². The molecule has 0 bridgehead atoms. The molecule has 0 atom stereocenters. The fraction of sp³-hybridized carbons (Fsp3) is 0.190. The van der Waals surface area contributed by atoms with Crippen molar-refractivity contribution in [1.29, 1.82) is 0 Å². The molecule has 0 spiro atoms. The fourth-order valence-electron chi connectivity index (χ4n) is 2.44. The zero-order valence-electron chi connectivity index (χ0n) is 14.9. The Morgan fingerprint density at radius 1 is 1.14 bits per heavy atom. The molecule has 0 fully saturated rings. The SMILES string of the molecule is Cc1oc(-c2ccc(C(F)(F)F)cc2)nc1COc1cccc(C#CCO)c1. The van der Waals surface area contributed by atoms with Crippen LogP contribution in [0.2, 0.25) is 0 Å². The summed E-state index contributed by atoms with van der Waals surface area (Å²) in [5, 5.41) is 8.75. The number of aliphatic hydroxyl groups excluding tert-OH is 1.